The van der Waals surface area contributed by atoms with Crippen LogP contribution in [0.3, 0.4) is 0 Å². The number of rotatable bonds is 7. The minimum atomic E-state index is -0.450. The van der Waals surface area contributed by atoms with E-state index < -0.39 is 4.92 Å². The molecule has 5 atom stereocenters. The first-order valence-corrected chi connectivity index (χ1v) is 11.7. The molecule has 4 aliphatic rings. The maximum Gasteiger partial charge on any atom is 0.269 e. The van der Waals surface area contributed by atoms with Gasteiger partial charge < -0.3 is 10.1 Å². The van der Waals surface area contributed by atoms with Crippen molar-refractivity contribution in [3.05, 3.63) is 76.2 Å². The fraction of sp³-hybridized carbons (Fsp3) is 0.400. The van der Waals surface area contributed by atoms with Gasteiger partial charge in [0.1, 0.15) is 12.2 Å². The van der Waals surface area contributed by atoms with Crippen molar-refractivity contribution in [1.82, 2.24) is 20.1 Å². The summed E-state index contributed by atoms with van der Waals surface area (Å²) in [4.78, 5) is 28.1. The molecule has 0 saturated heterocycles. The molecule has 9 heteroatoms. The van der Waals surface area contributed by atoms with Crippen molar-refractivity contribution >= 4 is 11.6 Å². The zero-order chi connectivity index (χ0) is 23.2. The second-order valence-corrected chi connectivity index (χ2v) is 9.69. The van der Waals surface area contributed by atoms with Crippen LogP contribution in [0.15, 0.2) is 55.0 Å². The SMILES string of the molecule is O=C(NC1C2CC3CC(C2)C1C3)c1cnn(-c2ccc([N+](=O)[O-])cc2)c1OCc1cccnc1. The van der Waals surface area contributed by atoms with Gasteiger partial charge in [0, 0.05) is 36.1 Å². The van der Waals surface area contributed by atoms with Gasteiger partial charge in [-0.1, -0.05) is 6.07 Å². The molecule has 4 bridgehead atoms. The van der Waals surface area contributed by atoms with Crippen molar-refractivity contribution in [1.29, 1.82) is 0 Å². The Labute approximate surface area is 196 Å². The molecular weight excluding hydrogens is 434 g/mol. The Balaban J connectivity index is 1.29. The van der Waals surface area contributed by atoms with Crippen molar-refractivity contribution in [3.8, 4) is 11.6 Å². The second-order valence-electron chi connectivity index (χ2n) is 9.69. The number of amides is 1. The number of hydrogen-bond donors (Lipinski definition) is 1. The molecule has 174 valence electrons. The van der Waals surface area contributed by atoms with E-state index in [0.29, 0.717) is 29.0 Å². The highest BCUT2D eigenvalue weighted by Crippen LogP contribution is 2.58. The summed E-state index contributed by atoms with van der Waals surface area (Å²) in [6.45, 7) is 0.214. The number of ether oxygens (including phenoxy) is 1. The first-order valence-electron chi connectivity index (χ1n) is 11.7. The van der Waals surface area contributed by atoms with Crippen LogP contribution in [0.2, 0.25) is 0 Å². The van der Waals surface area contributed by atoms with Crippen LogP contribution >= 0.6 is 0 Å². The molecular formula is C25H25N5O4. The smallest absolute Gasteiger partial charge is 0.269 e. The summed E-state index contributed by atoms with van der Waals surface area (Å²) in [5.74, 6) is 2.86. The number of benzene rings is 1. The lowest BCUT2D eigenvalue weighted by molar-refractivity contribution is -0.384. The Kier molecular flexibility index (Phi) is 5.04. The van der Waals surface area contributed by atoms with Gasteiger partial charge in [-0.05, 0) is 67.6 Å². The van der Waals surface area contributed by atoms with Crippen molar-refractivity contribution in [2.45, 2.75) is 38.3 Å². The average molecular weight is 460 g/mol. The van der Waals surface area contributed by atoms with E-state index in [0.717, 1.165) is 17.4 Å². The molecule has 0 aliphatic heterocycles. The minimum Gasteiger partial charge on any atom is -0.472 e. The molecule has 4 saturated carbocycles. The zero-order valence-electron chi connectivity index (χ0n) is 18.5. The van der Waals surface area contributed by atoms with Crippen LogP contribution in [-0.4, -0.2) is 31.6 Å². The highest BCUT2D eigenvalue weighted by atomic mass is 16.6. The fourth-order valence-electron chi connectivity index (χ4n) is 6.36. The monoisotopic (exact) mass is 459 g/mol. The largest absolute Gasteiger partial charge is 0.472 e. The summed E-state index contributed by atoms with van der Waals surface area (Å²) in [5, 5.41) is 18.8. The molecule has 1 aromatic carbocycles. The molecule has 1 N–H and O–H groups in total. The molecule has 0 radical (unpaired) electrons. The lowest BCUT2D eigenvalue weighted by Crippen LogP contribution is -2.44. The number of aromatic nitrogens is 3. The number of nitro benzene ring substituents is 1. The third-order valence-electron chi connectivity index (χ3n) is 7.73. The fourth-order valence-corrected chi connectivity index (χ4v) is 6.36. The molecule has 3 aromatic rings. The lowest BCUT2D eigenvalue weighted by Gasteiger charge is -2.32. The maximum atomic E-state index is 13.4. The summed E-state index contributed by atoms with van der Waals surface area (Å²) >= 11 is 0. The number of carbonyl (C=O) groups is 1. The topological polar surface area (TPSA) is 112 Å². The predicted octanol–water partition coefficient (Wildman–Crippen LogP) is 3.92. The van der Waals surface area contributed by atoms with Gasteiger partial charge in [0.25, 0.3) is 11.6 Å². The Hall–Kier alpha value is -3.75. The summed E-state index contributed by atoms with van der Waals surface area (Å²) < 4.78 is 7.62. The number of nitrogens with one attached hydrogen (secondary N) is 1. The first-order chi connectivity index (χ1) is 16.6. The molecule has 9 nitrogen and oxygen atoms in total. The Morgan fingerprint density at radius 3 is 2.68 bits per heavy atom. The van der Waals surface area contributed by atoms with E-state index in [1.807, 2.05) is 12.1 Å². The second kappa shape index (κ2) is 8.23. The van der Waals surface area contributed by atoms with Gasteiger partial charge in [-0.25, -0.2) is 4.68 Å². The van der Waals surface area contributed by atoms with E-state index in [-0.39, 0.29) is 24.2 Å². The summed E-state index contributed by atoms with van der Waals surface area (Å²) in [5.41, 5.74) is 1.78. The van der Waals surface area contributed by atoms with Gasteiger partial charge in [-0.3, -0.25) is 19.9 Å². The predicted molar refractivity (Wildman–Crippen MR) is 122 cm³/mol. The number of carbonyl (C=O) groups excluding carboxylic acids is 1. The highest BCUT2D eigenvalue weighted by molar-refractivity contribution is 5.96. The Morgan fingerprint density at radius 2 is 1.94 bits per heavy atom. The van der Waals surface area contributed by atoms with Crippen LogP contribution in [0, 0.1) is 33.8 Å². The quantitative estimate of drug-likeness (QED) is 0.423. The lowest BCUT2D eigenvalue weighted by atomic mass is 9.79. The number of pyridine rings is 1. The summed E-state index contributed by atoms with van der Waals surface area (Å²) in [6.07, 6.45) is 9.87. The van der Waals surface area contributed by atoms with Gasteiger partial charge in [-0.15, -0.1) is 0 Å². The molecule has 2 aromatic heterocycles. The van der Waals surface area contributed by atoms with E-state index in [2.05, 4.69) is 15.4 Å². The first kappa shape index (κ1) is 20.8. The Bertz CT molecular complexity index is 1220. The van der Waals surface area contributed by atoms with Crippen LogP contribution in [0.4, 0.5) is 5.69 Å². The van der Waals surface area contributed by atoms with E-state index >= 15 is 0 Å². The molecule has 4 aliphatic carbocycles. The molecule has 0 spiro atoms. The van der Waals surface area contributed by atoms with E-state index in [4.69, 9.17) is 4.74 Å². The zero-order valence-corrected chi connectivity index (χ0v) is 18.5. The van der Waals surface area contributed by atoms with Crippen LogP contribution in [0.1, 0.15) is 41.6 Å². The molecule has 5 unspecified atom stereocenters. The van der Waals surface area contributed by atoms with Crippen molar-refractivity contribution in [2.24, 2.45) is 23.7 Å². The number of hydrogen-bond acceptors (Lipinski definition) is 6. The molecule has 2 heterocycles. The van der Waals surface area contributed by atoms with Gasteiger partial charge in [-0.2, -0.15) is 5.10 Å². The van der Waals surface area contributed by atoms with Crippen molar-refractivity contribution in [3.63, 3.8) is 0 Å². The number of nitro groups is 1. The highest BCUT2D eigenvalue weighted by Gasteiger charge is 2.54. The maximum absolute atomic E-state index is 13.4. The third kappa shape index (κ3) is 3.61. The Morgan fingerprint density at radius 1 is 1.12 bits per heavy atom. The van der Waals surface area contributed by atoms with E-state index in [9.17, 15) is 14.9 Å². The van der Waals surface area contributed by atoms with Gasteiger partial charge in [0.15, 0.2) is 0 Å². The normalized spacial score (nSPS) is 26.5. The van der Waals surface area contributed by atoms with Crippen LogP contribution in [-0.2, 0) is 6.61 Å². The molecule has 1 amide bonds. The van der Waals surface area contributed by atoms with Gasteiger partial charge in [0.05, 0.1) is 16.8 Å². The van der Waals surface area contributed by atoms with Crippen LogP contribution in [0.5, 0.6) is 5.88 Å². The molecule has 7 rings (SSSR count). The van der Waals surface area contributed by atoms with E-state index in [1.54, 1.807) is 24.5 Å². The standard InChI is InChI=1S/C25H25N5O4/c31-24(28-23-18-9-16-8-17(11-18)21(23)10-16)22-13-27-29(19-3-5-20(6-4-19)30(32)33)25(22)34-14-15-2-1-7-26-12-15/h1-7,12-13,16-18,21,23H,8-11,14H2,(H,28,31). The number of non-ortho nitro benzene ring substituents is 1. The number of nitrogens with zero attached hydrogens (tertiary/aromatic N) is 4. The van der Waals surface area contributed by atoms with Gasteiger partial charge in [0.2, 0.25) is 5.88 Å². The van der Waals surface area contributed by atoms with Crippen LogP contribution < -0.4 is 10.1 Å². The van der Waals surface area contributed by atoms with Crippen molar-refractivity contribution < 1.29 is 14.5 Å². The molecule has 34 heavy (non-hydrogen) atoms. The van der Waals surface area contributed by atoms with Crippen LogP contribution in [0.25, 0.3) is 5.69 Å². The summed E-state index contributed by atoms with van der Waals surface area (Å²) in [7, 11) is 0. The third-order valence-corrected chi connectivity index (χ3v) is 7.73. The van der Waals surface area contributed by atoms with Crippen molar-refractivity contribution in [2.75, 3.05) is 0 Å². The molecule has 4 fully saturated rings. The summed E-state index contributed by atoms with van der Waals surface area (Å²) in [6, 6.07) is 9.94. The van der Waals surface area contributed by atoms with Gasteiger partial charge >= 0.3 is 0 Å². The average Bonchev–Trinajstić information content (AvgIpc) is 3.47. The van der Waals surface area contributed by atoms with E-state index in [1.165, 1.54) is 48.7 Å². The minimum absolute atomic E-state index is 0.0159.